The zero-order chi connectivity index (χ0) is 24.1. The van der Waals surface area contributed by atoms with Gasteiger partial charge in [0.2, 0.25) is 5.91 Å². The van der Waals surface area contributed by atoms with Crippen molar-refractivity contribution in [3.63, 3.8) is 0 Å². The van der Waals surface area contributed by atoms with Crippen LogP contribution in [0.3, 0.4) is 0 Å². The maximum absolute atomic E-state index is 12.5. The van der Waals surface area contributed by atoms with Gasteiger partial charge in [0.25, 0.3) is 0 Å². The summed E-state index contributed by atoms with van der Waals surface area (Å²) in [5, 5.41) is 22.7. The molecule has 0 fully saturated rings. The highest BCUT2D eigenvalue weighted by molar-refractivity contribution is 7.99. The number of benzene rings is 2. The number of para-hydroxylation sites is 2. The van der Waals surface area contributed by atoms with E-state index in [-0.39, 0.29) is 17.4 Å². The number of nitrogens with zero attached hydrogens (tertiary/aromatic N) is 5. The van der Waals surface area contributed by atoms with Crippen molar-refractivity contribution in [2.24, 2.45) is 0 Å². The van der Waals surface area contributed by atoms with E-state index in [1.807, 2.05) is 55.7 Å². The molecule has 4 rings (SSSR count). The van der Waals surface area contributed by atoms with E-state index in [9.17, 15) is 9.90 Å². The normalized spacial score (nSPS) is 10.9. The fraction of sp³-hybridized carbons (Fsp3) is 0.208. The number of aromatic hydroxyl groups is 1. The molecule has 0 unspecified atom stereocenters. The van der Waals surface area contributed by atoms with Gasteiger partial charge in [0, 0.05) is 17.1 Å². The van der Waals surface area contributed by atoms with Crippen LogP contribution in [0.1, 0.15) is 22.8 Å². The number of nitrogens with one attached hydrogen (secondary N) is 1. The number of thioether (sulfide) groups is 2. The van der Waals surface area contributed by atoms with E-state index in [1.54, 1.807) is 18.2 Å². The number of anilines is 1. The molecule has 0 saturated heterocycles. The predicted molar refractivity (Wildman–Crippen MR) is 135 cm³/mol. The first-order valence-corrected chi connectivity index (χ1v) is 12.5. The van der Waals surface area contributed by atoms with Crippen LogP contribution in [0, 0.1) is 20.8 Å². The molecule has 0 aliphatic carbocycles. The van der Waals surface area contributed by atoms with Crippen LogP contribution < -0.4 is 5.32 Å². The molecule has 0 atom stereocenters. The Balaban J connectivity index is 1.53. The van der Waals surface area contributed by atoms with E-state index in [2.05, 4.69) is 25.5 Å². The maximum Gasteiger partial charge on any atom is 0.234 e. The molecule has 8 nitrogen and oxygen atoms in total. The smallest absolute Gasteiger partial charge is 0.234 e. The SMILES string of the molecule is Cc1ccc(-n2c(CSc3nc(C)cc(C)n3)nnc2SCC(=O)Nc2ccccc2O)cc1. The van der Waals surface area contributed by atoms with Crippen LogP contribution in [0.15, 0.2) is 64.9 Å². The highest BCUT2D eigenvalue weighted by Gasteiger charge is 2.17. The van der Waals surface area contributed by atoms with E-state index in [0.29, 0.717) is 21.8 Å². The van der Waals surface area contributed by atoms with Crippen LogP contribution >= 0.6 is 23.5 Å². The van der Waals surface area contributed by atoms with Gasteiger partial charge in [0.1, 0.15) is 11.6 Å². The Labute approximate surface area is 206 Å². The van der Waals surface area contributed by atoms with Crippen molar-refractivity contribution in [1.82, 2.24) is 24.7 Å². The van der Waals surface area contributed by atoms with Gasteiger partial charge >= 0.3 is 0 Å². The Bertz CT molecular complexity index is 1290. The number of aromatic nitrogens is 5. The average Bonchev–Trinajstić information content (AvgIpc) is 3.20. The van der Waals surface area contributed by atoms with E-state index in [0.717, 1.165) is 28.5 Å². The largest absolute Gasteiger partial charge is 0.506 e. The van der Waals surface area contributed by atoms with Crippen LogP contribution in [0.2, 0.25) is 0 Å². The summed E-state index contributed by atoms with van der Waals surface area (Å²) in [6.07, 6.45) is 0. The summed E-state index contributed by atoms with van der Waals surface area (Å²) in [7, 11) is 0. The minimum atomic E-state index is -0.246. The maximum atomic E-state index is 12.5. The minimum absolute atomic E-state index is 0.0246. The van der Waals surface area contributed by atoms with Gasteiger partial charge in [-0.1, -0.05) is 53.4 Å². The lowest BCUT2D eigenvalue weighted by molar-refractivity contribution is -0.113. The molecular weight excluding hydrogens is 468 g/mol. The van der Waals surface area contributed by atoms with Gasteiger partial charge in [0.15, 0.2) is 10.3 Å². The van der Waals surface area contributed by atoms with Gasteiger partial charge in [-0.3, -0.25) is 9.36 Å². The first-order chi connectivity index (χ1) is 16.4. The van der Waals surface area contributed by atoms with Gasteiger partial charge in [-0.15, -0.1) is 10.2 Å². The van der Waals surface area contributed by atoms with Crippen molar-refractivity contribution in [2.75, 3.05) is 11.1 Å². The molecule has 10 heteroatoms. The third-order valence-electron chi connectivity index (χ3n) is 4.80. The van der Waals surface area contributed by atoms with Crippen molar-refractivity contribution in [1.29, 1.82) is 0 Å². The van der Waals surface area contributed by atoms with Crippen molar-refractivity contribution >= 4 is 35.1 Å². The molecule has 2 aromatic carbocycles. The lowest BCUT2D eigenvalue weighted by Gasteiger charge is -2.11. The third kappa shape index (κ3) is 5.95. The first kappa shape index (κ1) is 23.8. The molecule has 0 saturated carbocycles. The molecule has 2 aromatic heterocycles. The van der Waals surface area contributed by atoms with Crippen molar-refractivity contribution in [3.8, 4) is 11.4 Å². The first-order valence-electron chi connectivity index (χ1n) is 10.6. The Kier molecular flexibility index (Phi) is 7.49. The van der Waals surface area contributed by atoms with E-state index in [4.69, 9.17) is 0 Å². The number of rotatable bonds is 8. The Hall–Kier alpha value is -3.37. The summed E-state index contributed by atoms with van der Waals surface area (Å²) in [5.41, 5.74) is 4.27. The lowest BCUT2D eigenvalue weighted by atomic mass is 10.2. The lowest BCUT2D eigenvalue weighted by Crippen LogP contribution is -2.14. The summed E-state index contributed by atoms with van der Waals surface area (Å²) in [6, 6.07) is 16.6. The van der Waals surface area contributed by atoms with Crippen LogP contribution in [0.5, 0.6) is 5.75 Å². The number of hydrogen-bond donors (Lipinski definition) is 2. The minimum Gasteiger partial charge on any atom is -0.506 e. The number of aryl methyl sites for hydroxylation is 3. The standard InChI is InChI=1S/C24H24N6O2S2/c1-15-8-10-18(11-9-15)30-21(13-33-23-25-16(2)12-17(3)26-23)28-29-24(30)34-14-22(32)27-19-6-4-5-7-20(19)31/h4-12,31H,13-14H2,1-3H3,(H,27,32). The topological polar surface area (TPSA) is 106 Å². The highest BCUT2D eigenvalue weighted by atomic mass is 32.2. The fourth-order valence-corrected chi connectivity index (χ4v) is 4.86. The number of phenolic OH excluding ortho intramolecular Hbond substituents is 1. The zero-order valence-electron chi connectivity index (χ0n) is 19.0. The van der Waals surface area contributed by atoms with Gasteiger partial charge in [-0.25, -0.2) is 9.97 Å². The van der Waals surface area contributed by atoms with E-state index >= 15 is 0 Å². The third-order valence-corrected chi connectivity index (χ3v) is 6.57. The molecule has 34 heavy (non-hydrogen) atoms. The molecule has 4 aromatic rings. The summed E-state index contributed by atoms with van der Waals surface area (Å²) in [6.45, 7) is 5.92. The summed E-state index contributed by atoms with van der Waals surface area (Å²) in [4.78, 5) is 21.5. The van der Waals surface area contributed by atoms with Gasteiger partial charge in [-0.2, -0.15) is 0 Å². The van der Waals surface area contributed by atoms with Gasteiger partial charge in [0.05, 0.1) is 17.2 Å². The molecule has 1 amide bonds. The number of carbonyl (C=O) groups excluding carboxylic acids is 1. The average molecular weight is 493 g/mol. The Morgan fingerprint density at radius 1 is 0.971 bits per heavy atom. The van der Waals surface area contributed by atoms with Crippen LogP contribution in [0.4, 0.5) is 5.69 Å². The monoisotopic (exact) mass is 492 g/mol. The van der Waals surface area contributed by atoms with Crippen molar-refractivity contribution in [2.45, 2.75) is 36.8 Å². The van der Waals surface area contributed by atoms with Gasteiger partial charge < -0.3 is 10.4 Å². The molecule has 2 heterocycles. The summed E-state index contributed by atoms with van der Waals surface area (Å²) < 4.78 is 1.95. The summed E-state index contributed by atoms with van der Waals surface area (Å²) >= 11 is 2.77. The molecule has 0 bridgehead atoms. The van der Waals surface area contributed by atoms with E-state index in [1.165, 1.54) is 29.6 Å². The van der Waals surface area contributed by atoms with Crippen molar-refractivity contribution in [3.05, 3.63) is 77.4 Å². The molecule has 0 spiro atoms. The second-order valence-electron chi connectivity index (χ2n) is 7.65. The molecule has 0 aliphatic heterocycles. The molecule has 0 aliphatic rings. The quantitative estimate of drug-likeness (QED) is 0.207. The van der Waals surface area contributed by atoms with Crippen LogP contribution in [-0.2, 0) is 10.5 Å². The van der Waals surface area contributed by atoms with Gasteiger partial charge in [-0.05, 0) is 51.1 Å². The van der Waals surface area contributed by atoms with Crippen LogP contribution in [-0.4, -0.2) is 41.5 Å². The molecule has 2 N–H and O–H groups in total. The molecular formula is C24H24N6O2S2. The van der Waals surface area contributed by atoms with Crippen LogP contribution in [0.25, 0.3) is 5.69 Å². The second kappa shape index (κ2) is 10.7. The van der Waals surface area contributed by atoms with Crippen molar-refractivity contribution < 1.29 is 9.90 Å². The molecule has 0 radical (unpaired) electrons. The Morgan fingerprint density at radius 2 is 1.68 bits per heavy atom. The number of phenols is 1. The number of hydrogen-bond acceptors (Lipinski definition) is 8. The highest BCUT2D eigenvalue weighted by Crippen LogP contribution is 2.27. The molecule has 174 valence electrons. The second-order valence-corrected chi connectivity index (χ2v) is 9.53. The van der Waals surface area contributed by atoms with E-state index < -0.39 is 0 Å². The summed E-state index contributed by atoms with van der Waals surface area (Å²) in [5.74, 6) is 1.15. The number of amides is 1. The predicted octanol–water partition coefficient (Wildman–Crippen LogP) is 4.71. The fourth-order valence-electron chi connectivity index (χ4n) is 3.22. The Morgan fingerprint density at radius 3 is 2.38 bits per heavy atom. The zero-order valence-corrected chi connectivity index (χ0v) is 20.7. The number of carbonyl (C=O) groups is 1.